The molecule has 0 heterocycles. The van der Waals surface area contributed by atoms with Gasteiger partial charge < -0.3 is 5.11 Å². The van der Waals surface area contributed by atoms with E-state index in [-0.39, 0.29) is 6.10 Å². The van der Waals surface area contributed by atoms with Crippen LogP contribution in [-0.2, 0) is 6.42 Å². The first-order valence-corrected chi connectivity index (χ1v) is 7.07. The number of rotatable bonds is 2. The number of hydrogen-bond donors (Lipinski definition) is 1. The standard InChI is InChI=1S/C18H20O/c1-12(2)15-5-3-4-6-16(15)13-7-9-17-14(11-13)8-10-18(17)19/h3-7,9,11-12,18-19H,8,10H2,1-2H3/t18-/m0/s1. The minimum Gasteiger partial charge on any atom is -0.388 e. The van der Waals surface area contributed by atoms with Gasteiger partial charge in [0, 0.05) is 0 Å². The van der Waals surface area contributed by atoms with Crippen molar-refractivity contribution in [1.82, 2.24) is 0 Å². The van der Waals surface area contributed by atoms with E-state index in [0.717, 1.165) is 18.4 Å². The smallest absolute Gasteiger partial charge is 0.0795 e. The minimum atomic E-state index is -0.260. The lowest BCUT2D eigenvalue weighted by molar-refractivity contribution is 0.180. The number of aryl methyl sites for hydroxylation is 1. The highest BCUT2D eigenvalue weighted by Gasteiger charge is 2.20. The lowest BCUT2D eigenvalue weighted by Gasteiger charge is -2.14. The number of fused-ring (bicyclic) bond motifs is 1. The van der Waals surface area contributed by atoms with Crippen LogP contribution >= 0.6 is 0 Å². The Labute approximate surface area is 114 Å². The van der Waals surface area contributed by atoms with E-state index in [0.29, 0.717) is 5.92 Å². The molecule has 0 aliphatic heterocycles. The largest absolute Gasteiger partial charge is 0.388 e. The van der Waals surface area contributed by atoms with Crippen LogP contribution in [0, 0.1) is 0 Å². The van der Waals surface area contributed by atoms with Crippen LogP contribution in [0.4, 0.5) is 0 Å². The minimum absolute atomic E-state index is 0.260. The molecule has 0 spiro atoms. The summed E-state index contributed by atoms with van der Waals surface area (Å²) in [5.41, 5.74) is 6.41. The van der Waals surface area contributed by atoms with Gasteiger partial charge >= 0.3 is 0 Å². The molecule has 2 aromatic rings. The molecule has 0 saturated carbocycles. The molecule has 1 aliphatic rings. The Hall–Kier alpha value is -1.60. The van der Waals surface area contributed by atoms with E-state index >= 15 is 0 Å². The average Bonchev–Trinajstić information content (AvgIpc) is 2.80. The fraction of sp³-hybridized carbons (Fsp3) is 0.333. The second-order valence-electron chi connectivity index (χ2n) is 5.71. The second-order valence-corrected chi connectivity index (χ2v) is 5.71. The monoisotopic (exact) mass is 252 g/mol. The first-order chi connectivity index (χ1) is 9.16. The molecule has 2 aromatic carbocycles. The van der Waals surface area contributed by atoms with Crippen LogP contribution in [0.15, 0.2) is 42.5 Å². The summed E-state index contributed by atoms with van der Waals surface area (Å²) in [5.74, 6) is 0.523. The van der Waals surface area contributed by atoms with Crippen molar-refractivity contribution in [2.75, 3.05) is 0 Å². The maximum atomic E-state index is 9.89. The van der Waals surface area contributed by atoms with Crippen molar-refractivity contribution in [3.8, 4) is 11.1 Å². The summed E-state index contributed by atoms with van der Waals surface area (Å²) in [6, 6.07) is 15.1. The lowest BCUT2D eigenvalue weighted by atomic mass is 9.91. The van der Waals surface area contributed by atoms with Crippen LogP contribution in [0.1, 0.15) is 49.0 Å². The second kappa shape index (κ2) is 4.82. The van der Waals surface area contributed by atoms with Gasteiger partial charge in [-0.25, -0.2) is 0 Å². The number of hydrogen-bond acceptors (Lipinski definition) is 1. The molecule has 0 aromatic heterocycles. The van der Waals surface area contributed by atoms with Crippen LogP contribution in [0.3, 0.4) is 0 Å². The fourth-order valence-corrected chi connectivity index (χ4v) is 3.03. The molecule has 98 valence electrons. The molecule has 0 fully saturated rings. The molecule has 3 rings (SSSR count). The first kappa shape index (κ1) is 12.4. The number of benzene rings is 2. The van der Waals surface area contributed by atoms with Gasteiger partial charge in [0.15, 0.2) is 0 Å². The van der Waals surface area contributed by atoms with Gasteiger partial charge in [-0.05, 0) is 46.6 Å². The van der Waals surface area contributed by atoms with Crippen molar-refractivity contribution < 1.29 is 5.11 Å². The van der Waals surface area contributed by atoms with E-state index in [1.165, 1.54) is 22.3 Å². The van der Waals surface area contributed by atoms with Crippen LogP contribution in [-0.4, -0.2) is 5.11 Å². The van der Waals surface area contributed by atoms with Crippen molar-refractivity contribution in [3.05, 3.63) is 59.2 Å². The summed E-state index contributed by atoms with van der Waals surface area (Å²) < 4.78 is 0. The van der Waals surface area contributed by atoms with Gasteiger partial charge in [-0.2, -0.15) is 0 Å². The molecule has 0 unspecified atom stereocenters. The molecule has 1 aliphatic carbocycles. The zero-order chi connectivity index (χ0) is 13.4. The molecule has 1 heteroatoms. The maximum Gasteiger partial charge on any atom is 0.0795 e. The van der Waals surface area contributed by atoms with E-state index < -0.39 is 0 Å². The molecule has 1 atom stereocenters. The third-order valence-electron chi connectivity index (χ3n) is 4.08. The Morgan fingerprint density at radius 3 is 2.68 bits per heavy atom. The summed E-state index contributed by atoms with van der Waals surface area (Å²) >= 11 is 0. The summed E-state index contributed by atoms with van der Waals surface area (Å²) in [6.07, 6.45) is 1.60. The summed E-state index contributed by atoms with van der Waals surface area (Å²) in [6.45, 7) is 4.46. The Balaban J connectivity index is 2.09. The van der Waals surface area contributed by atoms with Gasteiger partial charge in [0.2, 0.25) is 0 Å². The predicted octanol–water partition coefficient (Wildman–Crippen LogP) is 4.46. The van der Waals surface area contributed by atoms with Crippen LogP contribution < -0.4 is 0 Å². The molecule has 0 bridgehead atoms. The van der Waals surface area contributed by atoms with E-state index in [1.54, 1.807) is 0 Å². The zero-order valence-corrected chi connectivity index (χ0v) is 11.6. The van der Waals surface area contributed by atoms with Crippen molar-refractivity contribution in [2.24, 2.45) is 0 Å². The van der Waals surface area contributed by atoms with Gasteiger partial charge in [-0.15, -0.1) is 0 Å². The highest BCUT2D eigenvalue weighted by Crippen LogP contribution is 2.36. The third kappa shape index (κ3) is 2.19. The fourth-order valence-electron chi connectivity index (χ4n) is 3.03. The SMILES string of the molecule is CC(C)c1ccccc1-c1ccc2c(c1)CC[C@@H]2O. The van der Waals surface area contributed by atoms with Crippen molar-refractivity contribution in [2.45, 2.75) is 38.7 Å². The average molecular weight is 252 g/mol. The van der Waals surface area contributed by atoms with E-state index in [4.69, 9.17) is 0 Å². The molecule has 0 radical (unpaired) electrons. The van der Waals surface area contributed by atoms with Gasteiger partial charge in [-0.1, -0.05) is 56.3 Å². The highest BCUT2D eigenvalue weighted by atomic mass is 16.3. The van der Waals surface area contributed by atoms with E-state index in [1.807, 2.05) is 0 Å². The van der Waals surface area contributed by atoms with Crippen molar-refractivity contribution in [3.63, 3.8) is 0 Å². The summed E-state index contributed by atoms with van der Waals surface area (Å²) in [4.78, 5) is 0. The molecule has 19 heavy (non-hydrogen) atoms. The Kier molecular flexibility index (Phi) is 3.16. The normalized spacial score (nSPS) is 17.8. The topological polar surface area (TPSA) is 20.2 Å². The quantitative estimate of drug-likeness (QED) is 0.836. The lowest BCUT2D eigenvalue weighted by Crippen LogP contribution is -1.94. The van der Waals surface area contributed by atoms with E-state index in [2.05, 4.69) is 56.3 Å². The molecule has 0 saturated heterocycles. The zero-order valence-electron chi connectivity index (χ0n) is 11.6. The summed E-state index contributed by atoms with van der Waals surface area (Å²) in [7, 11) is 0. The van der Waals surface area contributed by atoms with Gasteiger partial charge in [-0.3, -0.25) is 0 Å². The van der Waals surface area contributed by atoms with Gasteiger partial charge in [0.05, 0.1) is 6.10 Å². The molecule has 1 nitrogen and oxygen atoms in total. The van der Waals surface area contributed by atoms with Gasteiger partial charge in [0.25, 0.3) is 0 Å². The molecule has 0 amide bonds. The Bertz CT molecular complexity index is 598. The maximum absolute atomic E-state index is 9.89. The molecular formula is C18H20O. The first-order valence-electron chi connectivity index (χ1n) is 7.07. The third-order valence-corrected chi connectivity index (χ3v) is 4.08. The highest BCUT2D eigenvalue weighted by molar-refractivity contribution is 5.69. The van der Waals surface area contributed by atoms with Crippen LogP contribution in [0.2, 0.25) is 0 Å². The Morgan fingerprint density at radius 2 is 1.89 bits per heavy atom. The molecular weight excluding hydrogens is 232 g/mol. The van der Waals surface area contributed by atoms with Crippen LogP contribution in [0.5, 0.6) is 0 Å². The molecule has 1 N–H and O–H groups in total. The van der Waals surface area contributed by atoms with Gasteiger partial charge in [0.1, 0.15) is 0 Å². The van der Waals surface area contributed by atoms with E-state index in [9.17, 15) is 5.11 Å². The van der Waals surface area contributed by atoms with Crippen molar-refractivity contribution in [1.29, 1.82) is 0 Å². The summed E-state index contributed by atoms with van der Waals surface area (Å²) in [5, 5.41) is 9.89. The van der Waals surface area contributed by atoms with Crippen molar-refractivity contribution >= 4 is 0 Å². The predicted molar refractivity (Wildman–Crippen MR) is 79.2 cm³/mol. The number of aliphatic hydroxyl groups is 1. The van der Waals surface area contributed by atoms with Crippen LogP contribution in [0.25, 0.3) is 11.1 Å². The Morgan fingerprint density at radius 1 is 1.11 bits per heavy atom. The number of aliphatic hydroxyl groups excluding tert-OH is 1.